The molecule has 0 radical (unpaired) electrons. The predicted molar refractivity (Wildman–Crippen MR) is 69.4 cm³/mol. The SMILES string of the molecule is CCCC1(N2CCCC2)C(=O)NC(=O)N(CC)C1=O. The van der Waals surface area contributed by atoms with Crippen molar-refractivity contribution in [1.29, 1.82) is 0 Å². The molecule has 1 N–H and O–H groups in total. The Labute approximate surface area is 113 Å². The Balaban J connectivity index is 2.41. The molecule has 1 unspecified atom stereocenters. The van der Waals surface area contributed by atoms with Crippen molar-refractivity contribution in [3.8, 4) is 0 Å². The summed E-state index contributed by atoms with van der Waals surface area (Å²) in [5, 5.41) is 2.35. The summed E-state index contributed by atoms with van der Waals surface area (Å²) in [5.41, 5.74) is -1.17. The van der Waals surface area contributed by atoms with Gasteiger partial charge in [0.05, 0.1) is 0 Å². The number of hydrogen-bond donors (Lipinski definition) is 1. The lowest BCUT2D eigenvalue weighted by Gasteiger charge is -2.44. The largest absolute Gasteiger partial charge is 0.330 e. The number of carbonyl (C=O) groups excluding carboxylic acids is 3. The highest BCUT2D eigenvalue weighted by Gasteiger charge is 2.56. The van der Waals surface area contributed by atoms with E-state index in [1.165, 1.54) is 0 Å². The molecule has 0 aromatic heterocycles. The van der Waals surface area contributed by atoms with E-state index in [1.807, 2.05) is 11.8 Å². The first-order valence-corrected chi connectivity index (χ1v) is 7.00. The van der Waals surface area contributed by atoms with E-state index >= 15 is 0 Å². The Morgan fingerprint density at radius 1 is 1.16 bits per heavy atom. The Hall–Kier alpha value is -1.43. The smallest absolute Gasteiger partial charge is 0.282 e. The molecule has 2 aliphatic rings. The lowest BCUT2D eigenvalue weighted by molar-refractivity contribution is -0.154. The maximum absolute atomic E-state index is 12.7. The van der Waals surface area contributed by atoms with E-state index < -0.39 is 17.5 Å². The van der Waals surface area contributed by atoms with Crippen molar-refractivity contribution in [2.45, 2.75) is 45.1 Å². The zero-order chi connectivity index (χ0) is 14.0. The average Bonchev–Trinajstić information content (AvgIpc) is 2.89. The molecule has 6 heteroatoms. The number of nitrogens with zero attached hydrogens (tertiary/aromatic N) is 2. The maximum atomic E-state index is 12.7. The van der Waals surface area contributed by atoms with Crippen LogP contribution in [0.15, 0.2) is 0 Å². The highest BCUT2D eigenvalue weighted by molar-refractivity contribution is 6.22. The number of likely N-dealkylation sites (tertiary alicyclic amines) is 1. The van der Waals surface area contributed by atoms with Gasteiger partial charge in [-0.1, -0.05) is 13.3 Å². The third kappa shape index (κ3) is 2.04. The van der Waals surface area contributed by atoms with Crippen molar-refractivity contribution in [3.63, 3.8) is 0 Å². The summed E-state index contributed by atoms with van der Waals surface area (Å²) in [5.74, 6) is -0.802. The van der Waals surface area contributed by atoms with Crippen molar-refractivity contribution < 1.29 is 14.4 Å². The second-order valence-corrected chi connectivity index (χ2v) is 5.11. The van der Waals surface area contributed by atoms with Gasteiger partial charge in [0.25, 0.3) is 11.8 Å². The first-order chi connectivity index (χ1) is 9.07. The van der Waals surface area contributed by atoms with Crippen LogP contribution in [0, 0.1) is 0 Å². The summed E-state index contributed by atoms with van der Waals surface area (Å²) < 4.78 is 0. The maximum Gasteiger partial charge on any atom is 0.330 e. The summed E-state index contributed by atoms with van der Waals surface area (Å²) in [6.45, 7) is 5.46. The molecule has 2 rings (SSSR count). The second kappa shape index (κ2) is 5.28. The lowest BCUT2D eigenvalue weighted by atomic mass is 9.87. The average molecular weight is 267 g/mol. The van der Waals surface area contributed by atoms with Crippen LogP contribution in [-0.4, -0.2) is 52.8 Å². The molecule has 0 spiro atoms. The van der Waals surface area contributed by atoms with Crippen molar-refractivity contribution >= 4 is 17.8 Å². The predicted octanol–water partition coefficient (Wildman–Crippen LogP) is 0.719. The van der Waals surface area contributed by atoms with Crippen LogP contribution in [0.3, 0.4) is 0 Å². The lowest BCUT2D eigenvalue weighted by Crippen LogP contribution is -2.73. The molecule has 0 aliphatic carbocycles. The topological polar surface area (TPSA) is 69.7 Å². The summed E-state index contributed by atoms with van der Waals surface area (Å²) in [6, 6.07) is -0.594. The molecule has 2 saturated heterocycles. The molecule has 19 heavy (non-hydrogen) atoms. The van der Waals surface area contributed by atoms with Gasteiger partial charge in [-0.2, -0.15) is 0 Å². The van der Waals surface area contributed by atoms with Crippen LogP contribution < -0.4 is 5.32 Å². The van der Waals surface area contributed by atoms with Crippen LogP contribution >= 0.6 is 0 Å². The van der Waals surface area contributed by atoms with Crippen molar-refractivity contribution in [3.05, 3.63) is 0 Å². The van der Waals surface area contributed by atoms with E-state index in [4.69, 9.17) is 0 Å². The minimum Gasteiger partial charge on any atom is -0.282 e. The van der Waals surface area contributed by atoms with Crippen LogP contribution in [0.4, 0.5) is 4.79 Å². The Morgan fingerprint density at radius 3 is 2.32 bits per heavy atom. The fraction of sp³-hybridized carbons (Fsp3) is 0.769. The fourth-order valence-corrected chi connectivity index (χ4v) is 3.09. The number of nitrogens with one attached hydrogen (secondary N) is 1. The second-order valence-electron chi connectivity index (χ2n) is 5.11. The highest BCUT2D eigenvalue weighted by Crippen LogP contribution is 2.31. The number of barbiturate groups is 1. The van der Waals surface area contributed by atoms with E-state index in [-0.39, 0.29) is 12.5 Å². The Morgan fingerprint density at radius 2 is 1.79 bits per heavy atom. The quantitative estimate of drug-likeness (QED) is 0.762. The summed E-state index contributed by atoms with van der Waals surface area (Å²) >= 11 is 0. The monoisotopic (exact) mass is 267 g/mol. The van der Waals surface area contributed by atoms with Crippen molar-refractivity contribution in [2.24, 2.45) is 0 Å². The first-order valence-electron chi connectivity index (χ1n) is 7.00. The molecule has 0 aromatic rings. The highest BCUT2D eigenvalue weighted by atomic mass is 16.2. The van der Waals surface area contributed by atoms with Gasteiger partial charge in [0.2, 0.25) is 0 Å². The van der Waals surface area contributed by atoms with Gasteiger partial charge in [-0.05, 0) is 39.3 Å². The Kier molecular flexibility index (Phi) is 3.89. The van der Waals surface area contributed by atoms with E-state index in [1.54, 1.807) is 6.92 Å². The molecule has 2 aliphatic heterocycles. The van der Waals surface area contributed by atoms with Gasteiger partial charge in [0.15, 0.2) is 5.54 Å². The molecule has 1 atom stereocenters. The van der Waals surface area contributed by atoms with Gasteiger partial charge in [-0.3, -0.25) is 24.7 Å². The molecule has 0 saturated carbocycles. The molecule has 2 fully saturated rings. The van der Waals surface area contributed by atoms with Gasteiger partial charge in [-0.25, -0.2) is 4.79 Å². The molecule has 0 aromatic carbocycles. The number of amides is 4. The van der Waals surface area contributed by atoms with E-state index in [2.05, 4.69) is 5.32 Å². The summed E-state index contributed by atoms with van der Waals surface area (Å²) in [6.07, 6.45) is 3.17. The third-order valence-electron chi connectivity index (χ3n) is 4.01. The number of rotatable bonds is 4. The van der Waals surface area contributed by atoms with E-state index in [0.717, 1.165) is 37.3 Å². The van der Waals surface area contributed by atoms with Gasteiger partial charge in [0.1, 0.15) is 0 Å². The molecule has 2 heterocycles. The van der Waals surface area contributed by atoms with E-state index in [0.29, 0.717) is 6.42 Å². The molecule has 6 nitrogen and oxygen atoms in total. The van der Waals surface area contributed by atoms with Gasteiger partial charge in [0, 0.05) is 6.54 Å². The first kappa shape index (κ1) is 14.0. The van der Waals surface area contributed by atoms with Gasteiger partial charge < -0.3 is 0 Å². The molecule has 106 valence electrons. The third-order valence-corrected chi connectivity index (χ3v) is 4.01. The molecule has 4 amide bonds. The summed E-state index contributed by atoms with van der Waals surface area (Å²) in [4.78, 5) is 39.8. The normalized spacial score (nSPS) is 28.9. The van der Waals surface area contributed by atoms with E-state index in [9.17, 15) is 14.4 Å². The van der Waals surface area contributed by atoms with Crippen LogP contribution in [0.1, 0.15) is 39.5 Å². The number of imide groups is 2. The van der Waals surface area contributed by atoms with Crippen LogP contribution in [0.2, 0.25) is 0 Å². The molecular formula is C13H21N3O3. The van der Waals surface area contributed by atoms with Crippen molar-refractivity contribution in [2.75, 3.05) is 19.6 Å². The Bertz CT molecular complexity index is 404. The zero-order valence-electron chi connectivity index (χ0n) is 11.6. The van der Waals surface area contributed by atoms with Crippen LogP contribution in [-0.2, 0) is 9.59 Å². The number of likely N-dealkylation sites (N-methyl/N-ethyl adjacent to an activating group) is 1. The minimum absolute atomic E-state index is 0.289. The standard InChI is InChI=1S/C13H21N3O3/c1-3-7-13(15-8-5-6-9-15)10(17)14-12(19)16(4-2)11(13)18/h3-9H2,1-2H3,(H,14,17,19). The van der Waals surface area contributed by atoms with Crippen LogP contribution in [0.5, 0.6) is 0 Å². The summed E-state index contributed by atoms with van der Waals surface area (Å²) in [7, 11) is 0. The number of carbonyl (C=O) groups is 3. The molecule has 0 bridgehead atoms. The fourth-order valence-electron chi connectivity index (χ4n) is 3.09. The van der Waals surface area contributed by atoms with Gasteiger partial charge >= 0.3 is 6.03 Å². The minimum atomic E-state index is -1.17. The van der Waals surface area contributed by atoms with Gasteiger partial charge in [-0.15, -0.1) is 0 Å². The van der Waals surface area contributed by atoms with Crippen LogP contribution in [0.25, 0.3) is 0 Å². The molecular weight excluding hydrogens is 246 g/mol. The zero-order valence-corrected chi connectivity index (χ0v) is 11.6. The number of hydrogen-bond acceptors (Lipinski definition) is 4. The van der Waals surface area contributed by atoms with Crippen molar-refractivity contribution in [1.82, 2.24) is 15.1 Å². The number of urea groups is 1.